The Balaban J connectivity index is 1.51. The molecule has 1 fully saturated rings. The molecule has 3 aliphatic heterocycles. The fourth-order valence-corrected chi connectivity index (χ4v) is 4.65. The fraction of sp³-hybridized carbons (Fsp3) is 0.192. The summed E-state index contributed by atoms with van der Waals surface area (Å²) in [6.07, 6.45) is 3.17. The Morgan fingerprint density at radius 2 is 1.74 bits per heavy atom. The number of hydrogen-bond donors (Lipinski definition) is 1. The summed E-state index contributed by atoms with van der Waals surface area (Å²) in [7, 11) is 1.93. The number of pyridine rings is 1. The summed E-state index contributed by atoms with van der Waals surface area (Å²) in [5.74, 6) is -0.0336. The van der Waals surface area contributed by atoms with Gasteiger partial charge in [0, 0.05) is 36.8 Å². The van der Waals surface area contributed by atoms with Crippen LogP contribution in [0, 0.1) is 0 Å². The van der Waals surface area contributed by atoms with E-state index in [1.165, 1.54) is 4.90 Å². The number of Topliss-reactive ketones (excluding diaryl/α,β-unsaturated/α-hetero) is 1. The van der Waals surface area contributed by atoms with Gasteiger partial charge in [0.05, 0.1) is 23.8 Å². The minimum Gasteiger partial charge on any atom is -0.507 e. The van der Waals surface area contributed by atoms with E-state index in [1.54, 1.807) is 60.9 Å². The average molecular weight is 471 g/mol. The van der Waals surface area contributed by atoms with E-state index in [9.17, 15) is 14.7 Å². The van der Waals surface area contributed by atoms with Crippen molar-refractivity contribution in [2.24, 2.45) is 0 Å². The standard InChI is InChI=1S/C26H21N3O6/c1-28-10-11-33-19-4-2-16(12-18(19)28)24(30)22-23(15-6-8-27-9-7-15)29(26(32)25(22)31)17-3-5-20-21(13-17)35-14-34-20/h2-9,12-13,23,30H,10-11,14H2,1H3/b24-22-. The highest BCUT2D eigenvalue weighted by molar-refractivity contribution is 6.51. The van der Waals surface area contributed by atoms with Gasteiger partial charge in [-0.3, -0.25) is 19.5 Å². The molecule has 1 saturated heterocycles. The van der Waals surface area contributed by atoms with E-state index >= 15 is 0 Å². The van der Waals surface area contributed by atoms with Crippen LogP contribution >= 0.6 is 0 Å². The molecule has 6 rings (SSSR count). The predicted octanol–water partition coefficient (Wildman–Crippen LogP) is 3.27. The zero-order chi connectivity index (χ0) is 24.1. The number of aliphatic hydroxyl groups is 1. The number of carbonyl (C=O) groups is 2. The Hall–Kier alpha value is -4.53. The van der Waals surface area contributed by atoms with E-state index in [2.05, 4.69) is 4.98 Å². The first kappa shape index (κ1) is 21.0. The number of hydrogen-bond acceptors (Lipinski definition) is 8. The van der Waals surface area contributed by atoms with Crippen LogP contribution in [0.5, 0.6) is 17.2 Å². The van der Waals surface area contributed by atoms with E-state index in [-0.39, 0.29) is 18.1 Å². The van der Waals surface area contributed by atoms with Crippen molar-refractivity contribution in [2.75, 3.05) is 36.8 Å². The van der Waals surface area contributed by atoms with Crippen LogP contribution in [0.15, 0.2) is 66.5 Å². The lowest BCUT2D eigenvalue weighted by Gasteiger charge is -2.28. The van der Waals surface area contributed by atoms with E-state index in [0.717, 1.165) is 5.69 Å². The van der Waals surface area contributed by atoms with Crippen LogP contribution in [0.1, 0.15) is 17.2 Å². The van der Waals surface area contributed by atoms with Crippen LogP contribution in [-0.4, -0.2) is 48.8 Å². The van der Waals surface area contributed by atoms with Gasteiger partial charge >= 0.3 is 0 Å². The minimum atomic E-state index is -0.858. The van der Waals surface area contributed by atoms with Gasteiger partial charge in [0.1, 0.15) is 18.1 Å². The third-order valence-corrected chi connectivity index (χ3v) is 6.43. The van der Waals surface area contributed by atoms with Crippen molar-refractivity contribution in [2.45, 2.75) is 6.04 Å². The molecule has 0 bridgehead atoms. The maximum atomic E-state index is 13.4. The second kappa shape index (κ2) is 8.05. The molecule has 2 aromatic carbocycles. The molecule has 1 atom stereocenters. The first-order valence-corrected chi connectivity index (χ1v) is 11.1. The van der Waals surface area contributed by atoms with Crippen LogP contribution < -0.4 is 24.0 Å². The smallest absolute Gasteiger partial charge is 0.300 e. The number of aliphatic hydroxyl groups excluding tert-OH is 1. The summed E-state index contributed by atoms with van der Waals surface area (Å²) in [6, 6.07) is 12.8. The van der Waals surface area contributed by atoms with Crippen LogP contribution in [0.25, 0.3) is 5.76 Å². The Morgan fingerprint density at radius 1 is 0.971 bits per heavy atom. The topological polar surface area (TPSA) is 101 Å². The van der Waals surface area contributed by atoms with Crippen LogP contribution in [0.2, 0.25) is 0 Å². The number of benzene rings is 2. The van der Waals surface area contributed by atoms with Crippen LogP contribution in [0.3, 0.4) is 0 Å². The van der Waals surface area contributed by atoms with Gasteiger partial charge in [-0.2, -0.15) is 0 Å². The number of carbonyl (C=O) groups excluding carboxylic acids is 2. The van der Waals surface area contributed by atoms with Gasteiger partial charge in [-0.1, -0.05) is 0 Å². The zero-order valence-corrected chi connectivity index (χ0v) is 18.8. The largest absolute Gasteiger partial charge is 0.507 e. The average Bonchev–Trinajstić information content (AvgIpc) is 3.46. The molecule has 9 heteroatoms. The monoisotopic (exact) mass is 471 g/mol. The number of nitrogens with zero attached hydrogens (tertiary/aromatic N) is 3. The lowest BCUT2D eigenvalue weighted by Crippen LogP contribution is -2.29. The molecule has 1 aromatic heterocycles. The Bertz CT molecular complexity index is 1390. The summed E-state index contributed by atoms with van der Waals surface area (Å²) in [4.78, 5) is 34.1. The van der Waals surface area contributed by atoms with Gasteiger partial charge in [0.25, 0.3) is 11.7 Å². The highest BCUT2D eigenvalue weighted by atomic mass is 16.7. The number of ketones is 1. The van der Waals surface area contributed by atoms with Gasteiger partial charge in [-0.25, -0.2) is 0 Å². The molecule has 35 heavy (non-hydrogen) atoms. The number of fused-ring (bicyclic) bond motifs is 2. The first-order chi connectivity index (χ1) is 17.0. The molecule has 0 aliphatic carbocycles. The number of amides is 1. The molecule has 3 aliphatic rings. The molecule has 0 radical (unpaired) electrons. The lowest BCUT2D eigenvalue weighted by atomic mass is 9.95. The summed E-state index contributed by atoms with van der Waals surface area (Å²) < 4.78 is 16.6. The van der Waals surface area contributed by atoms with Crippen molar-refractivity contribution in [3.8, 4) is 17.2 Å². The number of aromatic nitrogens is 1. The van der Waals surface area contributed by atoms with Crippen molar-refractivity contribution in [3.63, 3.8) is 0 Å². The second-order valence-corrected chi connectivity index (χ2v) is 8.44. The Kier molecular flexibility index (Phi) is 4.84. The van der Waals surface area contributed by atoms with Crippen molar-refractivity contribution in [3.05, 3.63) is 77.6 Å². The quantitative estimate of drug-likeness (QED) is 0.353. The third-order valence-electron chi connectivity index (χ3n) is 6.43. The molecule has 1 unspecified atom stereocenters. The first-order valence-electron chi connectivity index (χ1n) is 11.1. The molecule has 1 amide bonds. The summed E-state index contributed by atoms with van der Waals surface area (Å²) >= 11 is 0. The third kappa shape index (κ3) is 3.35. The molecule has 9 nitrogen and oxygen atoms in total. The molecule has 0 spiro atoms. The van der Waals surface area contributed by atoms with Gasteiger partial charge in [0.15, 0.2) is 11.5 Å². The maximum absolute atomic E-state index is 13.4. The summed E-state index contributed by atoms with van der Waals surface area (Å²) in [5.41, 5.74) is 2.31. The second-order valence-electron chi connectivity index (χ2n) is 8.44. The highest BCUT2D eigenvalue weighted by Crippen LogP contribution is 2.45. The van der Waals surface area contributed by atoms with E-state index in [4.69, 9.17) is 14.2 Å². The number of anilines is 2. The molecule has 176 valence electrons. The number of likely N-dealkylation sites (N-methyl/N-ethyl adjacent to an activating group) is 1. The minimum absolute atomic E-state index is 0.00167. The van der Waals surface area contributed by atoms with Gasteiger partial charge in [-0.15, -0.1) is 0 Å². The highest BCUT2D eigenvalue weighted by Gasteiger charge is 2.47. The van der Waals surface area contributed by atoms with Crippen molar-refractivity contribution in [1.29, 1.82) is 0 Å². The van der Waals surface area contributed by atoms with Crippen molar-refractivity contribution < 1.29 is 28.9 Å². The number of ether oxygens (including phenoxy) is 3. The molecule has 4 heterocycles. The lowest BCUT2D eigenvalue weighted by molar-refractivity contribution is -0.132. The van der Waals surface area contributed by atoms with Crippen LogP contribution in [-0.2, 0) is 9.59 Å². The SMILES string of the molecule is CN1CCOc2ccc(/C(O)=C3/C(=O)C(=O)N(c4ccc5c(c4)OCO5)C3c3ccncc3)cc21. The molecule has 1 N–H and O–H groups in total. The molecular weight excluding hydrogens is 450 g/mol. The maximum Gasteiger partial charge on any atom is 0.300 e. The molecule has 0 saturated carbocycles. The van der Waals surface area contributed by atoms with Gasteiger partial charge in [-0.05, 0) is 48.0 Å². The van der Waals surface area contributed by atoms with E-state index in [1.807, 2.05) is 11.9 Å². The summed E-state index contributed by atoms with van der Waals surface area (Å²) in [5, 5.41) is 11.4. The number of rotatable bonds is 3. The zero-order valence-electron chi connectivity index (χ0n) is 18.8. The van der Waals surface area contributed by atoms with E-state index < -0.39 is 17.7 Å². The predicted molar refractivity (Wildman–Crippen MR) is 127 cm³/mol. The van der Waals surface area contributed by atoms with Crippen molar-refractivity contribution >= 4 is 28.8 Å². The van der Waals surface area contributed by atoms with Gasteiger partial charge in [0.2, 0.25) is 6.79 Å². The fourth-order valence-electron chi connectivity index (χ4n) is 4.65. The van der Waals surface area contributed by atoms with Crippen molar-refractivity contribution in [1.82, 2.24) is 4.98 Å². The Morgan fingerprint density at radius 3 is 2.57 bits per heavy atom. The normalized spacial score (nSPS) is 20.1. The van der Waals surface area contributed by atoms with Crippen LogP contribution in [0.4, 0.5) is 11.4 Å². The molecular formula is C26H21N3O6. The summed E-state index contributed by atoms with van der Waals surface area (Å²) in [6.45, 7) is 1.35. The Labute approximate surface area is 200 Å². The van der Waals surface area contributed by atoms with E-state index in [0.29, 0.717) is 47.2 Å². The molecule has 3 aromatic rings. The van der Waals surface area contributed by atoms with Gasteiger partial charge < -0.3 is 24.2 Å².